The fourth-order valence-electron chi connectivity index (χ4n) is 9.29. The summed E-state index contributed by atoms with van der Waals surface area (Å²) >= 11 is 0. The first kappa shape index (κ1) is 56.0. The van der Waals surface area contributed by atoms with Gasteiger partial charge >= 0.3 is 17.9 Å². The highest BCUT2D eigenvalue weighted by Crippen LogP contribution is 2.54. The molecule has 0 amide bonds. The quantitative estimate of drug-likeness (QED) is 0.0351. The summed E-state index contributed by atoms with van der Waals surface area (Å²) in [6.45, 7) is 14.5. The molecule has 0 aliphatic heterocycles. The molecule has 0 aliphatic carbocycles. The monoisotopic (exact) mass is 823 g/mol. The molecule has 0 fully saturated rings. The Hall–Kier alpha value is -1.96. The van der Waals surface area contributed by atoms with Crippen LogP contribution < -0.4 is 0 Å². The highest BCUT2D eigenvalue weighted by molar-refractivity contribution is 6.10. The zero-order valence-electron chi connectivity index (χ0n) is 39.0. The average molecular weight is 823 g/mol. The average Bonchev–Trinajstić information content (AvgIpc) is 3.14. The van der Waals surface area contributed by atoms with E-state index in [-0.39, 0.29) is 19.3 Å². The van der Waals surface area contributed by atoms with Gasteiger partial charge < -0.3 is 20.4 Å². The SMILES string of the molecule is CC(=O)C(CCCCCCCCCCCC(C)C)(C(=O)O)C(O)(C(=O)O)C(CCCCCCCCCCCC(C)C)(CCCCCCCCCCCC(C)C)C(=O)O. The van der Waals surface area contributed by atoms with Crippen molar-refractivity contribution in [2.45, 2.75) is 266 Å². The molecule has 0 aromatic carbocycles. The van der Waals surface area contributed by atoms with Crippen LogP contribution in [-0.2, 0) is 19.2 Å². The molecular formula is C50H94O8. The molecular weight excluding hydrogens is 729 g/mol. The van der Waals surface area contributed by atoms with Crippen molar-refractivity contribution in [2.24, 2.45) is 28.6 Å². The van der Waals surface area contributed by atoms with E-state index >= 15 is 0 Å². The minimum Gasteiger partial charge on any atom is -0.481 e. The predicted octanol–water partition coefficient (Wildman–Crippen LogP) is 14.4. The number of rotatable bonds is 42. The number of aliphatic hydroxyl groups is 1. The number of Topliss-reactive ketones (excluding diaryl/α,β-unsaturated/α-hetero) is 1. The van der Waals surface area contributed by atoms with Gasteiger partial charge in [0.1, 0.15) is 5.41 Å². The van der Waals surface area contributed by atoms with Gasteiger partial charge in [0.2, 0.25) is 5.60 Å². The van der Waals surface area contributed by atoms with Crippen molar-refractivity contribution in [3.63, 3.8) is 0 Å². The predicted molar refractivity (Wildman–Crippen MR) is 240 cm³/mol. The van der Waals surface area contributed by atoms with E-state index in [1.54, 1.807) is 0 Å². The molecule has 8 nitrogen and oxygen atoms in total. The zero-order valence-corrected chi connectivity index (χ0v) is 39.0. The Morgan fingerprint density at radius 1 is 0.362 bits per heavy atom. The number of hydrogen-bond donors (Lipinski definition) is 4. The minimum absolute atomic E-state index is 0.198. The maximum Gasteiger partial charge on any atom is 0.338 e. The van der Waals surface area contributed by atoms with Crippen molar-refractivity contribution in [1.82, 2.24) is 0 Å². The molecule has 0 aliphatic rings. The fourth-order valence-corrected chi connectivity index (χ4v) is 9.29. The third kappa shape index (κ3) is 21.0. The van der Waals surface area contributed by atoms with Crippen molar-refractivity contribution >= 4 is 23.7 Å². The van der Waals surface area contributed by atoms with E-state index in [1.807, 2.05) is 0 Å². The summed E-state index contributed by atoms with van der Waals surface area (Å²) in [5, 5.41) is 45.3. The number of hydrogen-bond acceptors (Lipinski definition) is 5. The summed E-state index contributed by atoms with van der Waals surface area (Å²) in [4.78, 5) is 54.0. The summed E-state index contributed by atoms with van der Waals surface area (Å²) in [6, 6.07) is 0. The number of unbranched alkanes of at least 4 members (excludes halogenated alkanes) is 24. The second-order valence-corrected chi connectivity index (χ2v) is 19.5. The molecule has 342 valence electrons. The first-order chi connectivity index (χ1) is 27.5. The Kier molecular flexibility index (Phi) is 31.7. The van der Waals surface area contributed by atoms with Crippen molar-refractivity contribution in [1.29, 1.82) is 0 Å². The first-order valence-electron chi connectivity index (χ1n) is 24.5. The Labute approximate surface area is 356 Å². The van der Waals surface area contributed by atoms with Crippen LogP contribution in [0.15, 0.2) is 0 Å². The summed E-state index contributed by atoms with van der Waals surface area (Å²) in [5.74, 6) is -4.05. The van der Waals surface area contributed by atoms with Gasteiger partial charge in [0, 0.05) is 0 Å². The lowest BCUT2D eigenvalue weighted by molar-refractivity contribution is -0.223. The lowest BCUT2D eigenvalue weighted by Gasteiger charge is -2.50. The van der Waals surface area contributed by atoms with Gasteiger partial charge in [0.25, 0.3) is 0 Å². The standard InChI is InChI=1S/C50H94O8/c1-41(2)35-29-23-17-11-8-14-20-26-32-38-48(45(52)53,39-33-27-21-15-9-12-18-24-30-36-42(3)4)50(58,47(56)57)49(44(7)51,46(54)55)40-34-28-22-16-10-13-19-25-31-37-43(5)6/h41-43,58H,8-40H2,1-7H3,(H,52,53)(H,54,55)(H,56,57). The summed E-state index contributed by atoms with van der Waals surface area (Å²) in [6.07, 6.45) is 28.7. The van der Waals surface area contributed by atoms with E-state index in [0.29, 0.717) is 32.1 Å². The van der Waals surface area contributed by atoms with Crippen LogP contribution in [0.4, 0.5) is 0 Å². The fraction of sp³-hybridized carbons (Fsp3) is 0.920. The van der Waals surface area contributed by atoms with E-state index in [9.17, 15) is 39.6 Å². The van der Waals surface area contributed by atoms with Crippen LogP contribution in [0.2, 0.25) is 0 Å². The highest BCUT2D eigenvalue weighted by Gasteiger charge is 2.74. The minimum atomic E-state index is -3.33. The topological polar surface area (TPSA) is 149 Å². The second-order valence-electron chi connectivity index (χ2n) is 19.5. The summed E-state index contributed by atoms with van der Waals surface area (Å²) < 4.78 is 0. The zero-order chi connectivity index (χ0) is 43.9. The van der Waals surface area contributed by atoms with Gasteiger partial charge in [0.15, 0.2) is 11.2 Å². The van der Waals surface area contributed by atoms with Crippen LogP contribution in [0.25, 0.3) is 0 Å². The Bertz CT molecular complexity index is 1040. The normalized spacial score (nSPS) is 14.3. The molecule has 2 atom stereocenters. The van der Waals surface area contributed by atoms with Gasteiger partial charge in [-0.15, -0.1) is 0 Å². The molecule has 0 aromatic rings. The van der Waals surface area contributed by atoms with Crippen molar-refractivity contribution in [3.05, 3.63) is 0 Å². The molecule has 0 radical (unpaired) electrons. The third-order valence-electron chi connectivity index (χ3n) is 13.1. The summed E-state index contributed by atoms with van der Waals surface area (Å²) in [5.41, 5.74) is -8.46. The Morgan fingerprint density at radius 3 is 0.810 bits per heavy atom. The van der Waals surface area contributed by atoms with Crippen LogP contribution in [-0.4, -0.2) is 49.7 Å². The Morgan fingerprint density at radius 2 is 0.603 bits per heavy atom. The molecule has 0 saturated carbocycles. The molecule has 2 unspecified atom stereocenters. The van der Waals surface area contributed by atoms with Crippen LogP contribution in [0.3, 0.4) is 0 Å². The first-order valence-corrected chi connectivity index (χ1v) is 24.5. The van der Waals surface area contributed by atoms with Gasteiger partial charge in [-0.05, 0) is 43.9 Å². The number of carbonyl (C=O) groups excluding carboxylic acids is 1. The van der Waals surface area contributed by atoms with Gasteiger partial charge in [-0.2, -0.15) is 0 Å². The maximum absolute atomic E-state index is 13.6. The van der Waals surface area contributed by atoms with Gasteiger partial charge in [-0.25, -0.2) is 4.79 Å². The van der Waals surface area contributed by atoms with E-state index < -0.39 is 46.5 Å². The van der Waals surface area contributed by atoms with E-state index in [1.165, 1.54) is 77.0 Å². The molecule has 0 heterocycles. The third-order valence-corrected chi connectivity index (χ3v) is 13.1. The van der Waals surface area contributed by atoms with Crippen LogP contribution in [0.5, 0.6) is 0 Å². The van der Waals surface area contributed by atoms with Crippen molar-refractivity contribution in [2.75, 3.05) is 0 Å². The van der Waals surface area contributed by atoms with Crippen LogP contribution in [0, 0.1) is 28.6 Å². The number of carbonyl (C=O) groups is 4. The Balaban J connectivity index is 5.92. The number of aliphatic carboxylic acids is 3. The van der Waals surface area contributed by atoms with Crippen molar-refractivity contribution in [3.8, 4) is 0 Å². The molecule has 58 heavy (non-hydrogen) atoms. The number of carboxylic acids is 3. The van der Waals surface area contributed by atoms with Crippen LogP contribution in [0.1, 0.15) is 260 Å². The molecule has 0 aromatic heterocycles. The molecule has 0 spiro atoms. The number of ketones is 1. The molecule has 8 heteroatoms. The van der Waals surface area contributed by atoms with Gasteiger partial charge in [-0.1, -0.05) is 234 Å². The lowest BCUT2D eigenvalue weighted by Crippen LogP contribution is -2.71. The molecule has 0 bridgehead atoms. The van der Waals surface area contributed by atoms with Crippen LogP contribution >= 0.6 is 0 Å². The molecule has 0 saturated heterocycles. The second kappa shape index (κ2) is 32.8. The largest absolute Gasteiger partial charge is 0.481 e. The van der Waals surface area contributed by atoms with E-state index in [0.717, 1.165) is 102 Å². The van der Waals surface area contributed by atoms with E-state index in [4.69, 9.17) is 0 Å². The van der Waals surface area contributed by atoms with Gasteiger partial charge in [-0.3, -0.25) is 14.4 Å². The summed E-state index contributed by atoms with van der Waals surface area (Å²) in [7, 11) is 0. The smallest absolute Gasteiger partial charge is 0.338 e. The maximum atomic E-state index is 13.6. The molecule has 0 rings (SSSR count). The number of carboxylic acid groups (broad SMARTS) is 3. The van der Waals surface area contributed by atoms with Gasteiger partial charge in [0.05, 0.1) is 0 Å². The van der Waals surface area contributed by atoms with Crippen molar-refractivity contribution < 1.29 is 39.6 Å². The molecule has 4 N–H and O–H groups in total. The van der Waals surface area contributed by atoms with E-state index in [2.05, 4.69) is 41.5 Å². The lowest BCUT2D eigenvalue weighted by atomic mass is 9.52. The highest BCUT2D eigenvalue weighted by atomic mass is 16.4.